The lowest BCUT2D eigenvalue weighted by molar-refractivity contribution is 0.0942. The number of rotatable bonds is 6. The fourth-order valence-electron chi connectivity index (χ4n) is 3.60. The highest BCUT2D eigenvalue weighted by Crippen LogP contribution is 2.34. The Kier molecular flexibility index (Phi) is 5.60. The van der Waals surface area contributed by atoms with Crippen LogP contribution in [0.1, 0.15) is 34.5 Å². The smallest absolute Gasteiger partial charge is 0.251 e. The van der Waals surface area contributed by atoms with Crippen LogP contribution in [0.3, 0.4) is 0 Å². The van der Waals surface area contributed by atoms with Gasteiger partial charge in [-0.3, -0.25) is 9.10 Å². The number of nitrogens with zero attached hydrogens (tertiary/aromatic N) is 2. The number of fused-ring (bicyclic) bond motifs is 1. The molecule has 0 spiro atoms. The van der Waals surface area contributed by atoms with Crippen LogP contribution in [-0.4, -0.2) is 52.2 Å². The van der Waals surface area contributed by atoms with Crippen molar-refractivity contribution in [3.05, 3.63) is 51.7 Å². The lowest BCUT2D eigenvalue weighted by atomic mass is 10.1. The number of sulfonamides is 1. The summed E-state index contributed by atoms with van der Waals surface area (Å²) in [4.78, 5) is 14.7. The number of nitrogens with one attached hydrogen (secondary N) is 1. The van der Waals surface area contributed by atoms with Gasteiger partial charge in [-0.2, -0.15) is 11.3 Å². The molecule has 1 amide bonds. The van der Waals surface area contributed by atoms with Gasteiger partial charge in [-0.05, 0) is 73.6 Å². The van der Waals surface area contributed by atoms with E-state index in [2.05, 4.69) is 21.7 Å². The van der Waals surface area contributed by atoms with Gasteiger partial charge in [0.25, 0.3) is 5.91 Å². The number of hydrogen-bond donors (Lipinski definition) is 1. The normalized spacial score (nSPS) is 17.8. The molecule has 0 fully saturated rings. The van der Waals surface area contributed by atoms with E-state index in [1.54, 1.807) is 23.5 Å². The van der Waals surface area contributed by atoms with E-state index < -0.39 is 10.0 Å². The van der Waals surface area contributed by atoms with E-state index in [9.17, 15) is 13.2 Å². The molecule has 2 heterocycles. The number of benzene rings is 1. The van der Waals surface area contributed by atoms with E-state index in [-0.39, 0.29) is 18.0 Å². The van der Waals surface area contributed by atoms with Gasteiger partial charge < -0.3 is 10.2 Å². The van der Waals surface area contributed by atoms with Crippen molar-refractivity contribution in [3.63, 3.8) is 0 Å². The molecular weight excluding hydrogens is 382 g/mol. The van der Waals surface area contributed by atoms with Crippen molar-refractivity contribution < 1.29 is 13.2 Å². The van der Waals surface area contributed by atoms with E-state index >= 15 is 0 Å². The Hall–Kier alpha value is -1.90. The molecule has 2 aromatic rings. The molecule has 0 radical (unpaired) electrons. The minimum absolute atomic E-state index is 0.107. The molecule has 0 saturated carbocycles. The quantitative estimate of drug-likeness (QED) is 0.799. The first kappa shape index (κ1) is 19.9. The van der Waals surface area contributed by atoms with Gasteiger partial charge in [-0.1, -0.05) is 0 Å². The Morgan fingerprint density at radius 3 is 2.70 bits per heavy atom. The van der Waals surface area contributed by atoms with Crippen LogP contribution in [0.4, 0.5) is 5.69 Å². The van der Waals surface area contributed by atoms with Crippen molar-refractivity contribution in [2.24, 2.45) is 0 Å². The van der Waals surface area contributed by atoms with Gasteiger partial charge in [0, 0.05) is 18.2 Å². The maximum absolute atomic E-state index is 12.6. The van der Waals surface area contributed by atoms with Crippen molar-refractivity contribution in [1.29, 1.82) is 0 Å². The summed E-state index contributed by atoms with van der Waals surface area (Å²) in [5.74, 6) is -0.148. The molecule has 2 atom stereocenters. The first-order valence-corrected chi connectivity index (χ1v) is 11.6. The largest absolute Gasteiger partial charge is 0.350 e. The van der Waals surface area contributed by atoms with Crippen LogP contribution in [0.15, 0.2) is 35.0 Å². The van der Waals surface area contributed by atoms with E-state index in [4.69, 9.17) is 0 Å². The first-order chi connectivity index (χ1) is 12.7. The number of carbonyl (C=O) groups excluding carboxylic acids is 1. The molecule has 27 heavy (non-hydrogen) atoms. The highest BCUT2D eigenvalue weighted by molar-refractivity contribution is 7.92. The van der Waals surface area contributed by atoms with Gasteiger partial charge in [-0.25, -0.2) is 8.42 Å². The topological polar surface area (TPSA) is 69.7 Å². The van der Waals surface area contributed by atoms with Gasteiger partial charge in [0.2, 0.25) is 10.0 Å². The Morgan fingerprint density at radius 2 is 2.11 bits per heavy atom. The van der Waals surface area contributed by atoms with E-state index in [0.717, 1.165) is 5.56 Å². The molecule has 0 saturated heterocycles. The average Bonchev–Trinajstić information content (AvgIpc) is 3.19. The monoisotopic (exact) mass is 407 g/mol. The highest BCUT2D eigenvalue weighted by atomic mass is 32.2. The summed E-state index contributed by atoms with van der Waals surface area (Å²) in [7, 11) is 0.656. The highest BCUT2D eigenvalue weighted by Gasteiger charge is 2.32. The van der Waals surface area contributed by atoms with Gasteiger partial charge in [0.05, 0.1) is 18.0 Å². The molecular formula is C19H25N3O3S2. The van der Waals surface area contributed by atoms with E-state index in [0.29, 0.717) is 24.2 Å². The average molecular weight is 408 g/mol. The first-order valence-electron chi connectivity index (χ1n) is 8.77. The fourth-order valence-corrected chi connectivity index (χ4v) is 5.57. The second kappa shape index (κ2) is 7.61. The standard InChI is InChI=1S/C19H25N3O3S2/c1-13-9-16-10-14(5-6-17(16)22(13)27(4,24)25)19(23)20-11-18(21(2)3)15-7-8-26-12-15/h5-8,10,12-13,18H,9,11H2,1-4H3,(H,20,23)/t13-,18+/m0/s1. The van der Waals surface area contributed by atoms with Gasteiger partial charge in [-0.15, -0.1) is 0 Å². The van der Waals surface area contributed by atoms with Crippen molar-refractivity contribution in [2.45, 2.75) is 25.4 Å². The predicted molar refractivity (Wildman–Crippen MR) is 110 cm³/mol. The molecule has 0 unspecified atom stereocenters. The SMILES string of the molecule is C[C@H]1Cc2cc(C(=O)NC[C@H](c3ccsc3)N(C)C)ccc2N1S(C)(=O)=O. The molecule has 146 valence electrons. The number of thiophene rings is 1. The van der Waals surface area contributed by atoms with Gasteiger partial charge in [0.1, 0.15) is 0 Å². The zero-order chi connectivity index (χ0) is 19.8. The summed E-state index contributed by atoms with van der Waals surface area (Å²) in [5, 5.41) is 7.13. The third-order valence-electron chi connectivity index (χ3n) is 4.86. The third kappa shape index (κ3) is 4.17. The minimum Gasteiger partial charge on any atom is -0.350 e. The molecule has 1 aliphatic heterocycles. The second-order valence-electron chi connectivity index (χ2n) is 7.20. The lowest BCUT2D eigenvalue weighted by Gasteiger charge is -2.24. The predicted octanol–water partition coefficient (Wildman–Crippen LogP) is 2.49. The summed E-state index contributed by atoms with van der Waals surface area (Å²) in [5.41, 5.74) is 3.30. The molecule has 1 aromatic heterocycles. The van der Waals surface area contributed by atoms with Crippen LogP contribution in [0, 0.1) is 0 Å². The maximum atomic E-state index is 12.6. The number of anilines is 1. The molecule has 1 N–H and O–H groups in total. The Bertz CT molecular complexity index is 924. The van der Waals surface area contributed by atoms with Crippen LogP contribution in [0.2, 0.25) is 0 Å². The summed E-state index contributed by atoms with van der Waals surface area (Å²) in [6.45, 7) is 2.38. The lowest BCUT2D eigenvalue weighted by Crippen LogP contribution is -2.34. The van der Waals surface area contributed by atoms with Crippen LogP contribution in [0.5, 0.6) is 0 Å². The molecule has 0 bridgehead atoms. The summed E-state index contributed by atoms with van der Waals surface area (Å²) < 4.78 is 25.5. The summed E-state index contributed by atoms with van der Waals surface area (Å²) >= 11 is 1.64. The molecule has 1 aromatic carbocycles. The second-order valence-corrected chi connectivity index (χ2v) is 9.84. The van der Waals surface area contributed by atoms with Crippen LogP contribution in [-0.2, 0) is 16.4 Å². The van der Waals surface area contributed by atoms with Crippen molar-refractivity contribution in [1.82, 2.24) is 10.2 Å². The maximum Gasteiger partial charge on any atom is 0.251 e. The summed E-state index contributed by atoms with van der Waals surface area (Å²) in [6.07, 6.45) is 1.82. The van der Waals surface area contributed by atoms with Crippen LogP contribution >= 0.6 is 11.3 Å². The Morgan fingerprint density at radius 1 is 1.37 bits per heavy atom. The molecule has 8 heteroatoms. The van der Waals surface area contributed by atoms with Crippen LogP contribution < -0.4 is 9.62 Å². The molecule has 1 aliphatic rings. The van der Waals surface area contributed by atoms with Crippen molar-refractivity contribution in [3.8, 4) is 0 Å². The van der Waals surface area contributed by atoms with Crippen molar-refractivity contribution >= 4 is 33.0 Å². The van der Waals surface area contributed by atoms with Gasteiger partial charge >= 0.3 is 0 Å². The molecule has 6 nitrogen and oxygen atoms in total. The Labute approximate surface area is 164 Å². The van der Waals surface area contributed by atoms with E-state index in [1.165, 1.54) is 16.1 Å². The van der Waals surface area contributed by atoms with E-state index in [1.807, 2.05) is 32.5 Å². The number of amides is 1. The number of likely N-dealkylation sites (N-methyl/N-ethyl adjacent to an activating group) is 1. The van der Waals surface area contributed by atoms with Gasteiger partial charge in [0.15, 0.2) is 0 Å². The fraction of sp³-hybridized carbons (Fsp3) is 0.421. The minimum atomic E-state index is -3.33. The van der Waals surface area contributed by atoms with Crippen molar-refractivity contribution in [2.75, 3.05) is 31.2 Å². The third-order valence-corrected chi connectivity index (χ3v) is 6.83. The Balaban J connectivity index is 1.74. The zero-order valence-corrected chi connectivity index (χ0v) is 17.6. The summed E-state index contributed by atoms with van der Waals surface area (Å²) in [6, 6.07) is 7.27. The zero-order valence-electron chi connectivity index (χ0n) is 16.0. The number of hydrogen-bond acceptors (Lipinski definition) is 5. The molecule has 0 aliphatic carbocycles. The number of carbonyl (C=O) groups is 1. The van der Waals surface area contributed by atoms with Crippen LogP contribution in [0.25, 0.3) is 0 Å². The molecule has 3 rings (SSSR count).